The van der Waals surface area contributed by atoms with Gasteiger partial charge in [-0.25, -0.2) is 18.5 Å². The van der Waals surface area contributed by atoms with Crippen LogP contribution in [0.5, 0.6) is 0 Å². The lowest BCUT2D eigenvalue weighted by atomic mass is 10.2. The van der Waals surface area contributed by atoms with Gasteiger partial charge in [0, 0.05) is 27.8 Å². The highest BCUT2D eigenvalue weighted by molar-refractivity contribution is 7.67. The third-order valence-electron chi connectivity index (χ3n) is 3.92. The summed E-state index contributed by atoms with van der Waals surface area (Å²) in [5.41, 5.74) is -2.25. The predicted molar refractivity (Wildman–Crippen MR) is 100 cm³/mol. The Labute approximate surface area is 179 Å². The number of hydrogen-bond acceptors (Lipinski definition) is 13. The fraction of sp³-hybridized carbons (Fsp3) is 0.667. The molecule has 3 N–H and O–H groups in total. The zero-order chi connectivity index (χ0) is 24.3. The van der Waals surface area contributed by atoms with Crippen molar-refractivity contribution in [3.8, 4) is 0 Å². The van der Waals surface area contributed by atoms with E-state index in [0.29, 0.717) is 10.8 Å². The minimum atomic E-state index is -5.00. The molecular weight excluding hydrogens is 508 g/mol. The lowest BCUT2D eigenvalue weighted by Crippen LogP contribution is -2.34. The molecule has 6 atom stereocenters. The second kappa shape index (κ2) is 10.5. The summed E-state index contributed by atoms with van der Waals surface area (Å²) >= 11 is 0. The van der Waals surface area contributed by atoms with E-state index in [9.17, 15) is 37.7 Å². The summed E-state index contributed by atoms with van der Waals surface area (Å²) < 4.78 is 82.5. The fourth-order valence-electron chi connectivity index (χ4n) is 2.35. The van der Waals surface area contributed by atoms with Crippen LogP contribution in [-0.2, 0) is 45.1 Å². The SMILES string of the molecule is COP(=O)(O)OP(=O)(OC)OP(=O)(OC)OCC1OC(n2cc(F)c(=O)[nH]c2=O)CC1O. The maximum absolute atomic E-state index is 13.5. The number of ether oxygens (including phenoxy) is 1. The number of nitrogens with zero attached hydrogens (tertiary/aromatic N) is 1. The van der Waals surface area contributed by atoms with Crippen molar-refractivity contribution in [2.24, 2.45) is 0 Å². The Morgan fingerprint density at radius 2 is 1.78 bits per heavy atom. The molecule has 1 aliphatic rings. The van der Waals surface area contributed by atoms with Gasteiger partial charge in [-0.15, -0.1) is 0 Å². The quantitative estimate of drug-likeness (QED) is 0.336. The number of aliphatic hydroxyl groups is 1. The summed E-state index contributed by atoms with van der Waals surface area (Å²) in [6.07, 6.45) is -3.50. The monoisotopic (exact) mass is 528 g/mol. The van der Waals surface area contributed by atoms with Gasteiger partial charge in [-0.05, 0) is 0 Å². The molecule has 1 aromatic heterocycles. The van der Waals surface area contributed by atoms with E-state index in [4.69, 9.17) is 9.26 Å². The molecule has 0 amide bonds. The van der Waals surface area contributed by atoms with Crippen LogP contribution in [0, 0.1) is 5.82 Å². The van der Waals surface area contributed by atoms with Gasteiger partial charge in [0.2, 0.25) is 5.82 Å². The zero-order valence-electron chi connectivity index (χ0n) is 16.7. The summed E-state index contributed by atoms with van der Waals surface area (Å²) in [5, 5.41) is 10.1. The maximum atomic E-state index is 13.5. The highest BCUT2D eigenvalue weighted by Gasteiger charge is 2.46. The van der Waals surface area contributed by atoms with E-state index in [1.54, 1.807) is 4.98 Å². The van der Waals surface area contributed by atoms with Crippen molar-refractivity contribution in [1.29, 1.82) is 0 Å². The molecule has 184 valence electrons. The molecule has 1 aliphatic heterocycles. The number of aromatic nitrogens is 2. The Kier molecular flexibility index (Phi) is 8.89. The lowest BCUT2D eigenvalue weighted by molar-refractivity contribution is -0.0460. The number of rotatable bonds is 11. The first-order chi connectivity index (χ1) is 14.8. The molecule has 0 spiro atoms. The molecule has 0 aromatic carbocycles. The normalized spacial score (nSPS) is 26.9. The topological polar surface area (TPSA) is 211 Å². The van der Waals surface area contributed by atoms with E-state index in [1.807, 2.05) is 0 Å². The smallest absolute Gasteiger partial charge is 0.390 e. The molecule has 2 rings (SSSR count). The third kappa shape index (κ3) is 6.73. The van der Waals surface area contributed by atoms with Crippen LogP contribution >= 0.6 is 23.5 Å². The molecule has 0 radical (unpaired) electrons. The molecule has 6 unspecified atom stereocenters. The largest absolute Gasteiger partial charge is 0.492 e. The lowest BCUT2D eigenvalue weighted by Gasteiger charge is -2.23. The summed E-state index contributed by atoms with van der Waals surface area (Å²) in [5.74, 6) is -1.27. The van der Waals surface area contributed by atoms with Gasteiger partial charge < -0.3 is 14.7 Å². The molecule has 20 heteroatoms. The van der Waals surface area contributed by atoms with Gasteiger partial charge in [-0.1, -0.05) is 0 Å². The Morgan fingerprint density at radius 3 is 2.34 bits per heavy atom. The van der Waals surface area contributed by atoms with E-state index in [0.717, 1.165) is 21.3 Å². The number of aliphatic hydroxyl groups excluding tert-OH is 1. The first-order valence-corrected chi connectivity index (χ1v) is 12.8. The van der Waals surface area contributed by atoms with Crippen molar-refractivity contribution in [2.45, 2.75) is 24.9 Å². The molecule has 1 aromatic rings. The van der Waals surface area contributed by atoms with Crippen LogP contribution in [-0.4, -0.2) is 59.7 Å². The van der Waals surface area contributed by atoms with Gasteiger partial charge in [0.25, 0.3) is 5.56 Å². The molecule has 0 saturated carbocycles. The number of H-pyrrole nitrogens is 1. The number of halogens is 1. The van der Waals surface area contributed by atoms with Crippen LogP contribution < -0.4 is 11.2 Å². The minimum Gasteiger partial charge on any atom is -0.390 e. The van der Waals surface area contributed by atoms with Gasteiger partial charge >= 0.3 is 29.2 Å². The number of hydrogen-bond donors (Lipinski definition) is 3. The van der Waals surface area contributed by atoms with Gasteiger partial charge in [-0.2, -0.15) is 13.0 Å². The molecule has 16 nitrogen and oxygen atoms in total. The first kappa shape index (κ1) is 27.2. The summed E-state index contributed by atoms with van der Waals surface area (Å²) in [4.78, 5) is 34.0. The predicted octanol–water partition coefficient (Wildman–Crippen LogP) is 0.630. The molecule has 1 fully saturated rings. The van der Waals surface area contributed by atoms with Crippen LogP contribution in [0.2, 0.25) is 0 Å². The summed E-state index contributed by atoms with van der Waals surface area (Å²) in [6.45, 7) is -0.742. The van der Waals surface area contributed by atoms with Crippen LogP contribution in [0.15, 0.2) is 15.8 Å². The molecule has 1 saturated heterocycles. The van der Waals surface area contributed by atoms with Crippen LogP contribution in [0.4, 0.5) is 4.39 Å². The third-order valence-corrected chi connectivity index (χ3v) is 8.96. The Hall–Kier alpha value is -1.06. The van der Waals surface area contributed by atoms with E-state index < -0.39 is 65.6 Å². The van der Waals surface area contributed by atoms with Gasteiger partial charge in [0.1, 0.15) is 12.3 Å². The van der Waals surface area contributed by atoms with Crippen molar-refractivity contribution in [1.82, 2.24) is 9.55 Å². The zero-order valence-corrected chi connectivity index (χ0v) is 19.4. The molecule has 32 heavy (non-hydrogen) atoms. The molecular formula is C12H20FN2O14P3. The standard InChI is InChI=1S/C12H20FN2O14P3/c1-23-30(19,20)28-32(22,25-3)29-31(21,24-2)26-6-9-8(16)4-10(27-9)15-5-7(13)11(17)14-12(15)18/h5,8-10,16H,4,6H2,1-3H3,(H,19,20)(H,14,17,18). The van der Waals surface area contributed by atoms with Crippen LogP contribution in [0.25, 0.3) is 0 Å². The molecule has 2 heterocycles. The second-order valence-corrected chi connectivity index (χ2v) is 11.3. The van der Waals surface area contributed by atoms with Crippen molar-refractivity contribution < 1.29 is 59.5 Å². The van der Waals surface area contributed by atoms with Crippen molar-refractivity contribution in [3.63, 3.8) is 0 Å². The fourth-order valence-corrected chi connectivity index (χ4v) is 6.42. The Balaban J connectivity index is 2.10. The van der Waals surface area contributed by atoms with E-state index in [1.165, 1.54) is 0 Å². The van der Waals surface area contributed by atoms with Gasteiger partial charge in [0.15, 0.2) is 0 Å². The average molecular weight is 528 g/mol. The van der Waals surface area contributed by atoms with Crippen molar-refractivity contribution >= 4 is 23.5 Å². The number of phosphoric ester groups is 2. The van der Waals surface area contributed by atoms with Crippen molar-refractivity contribution in [2.75, 3.05) is 27.9 Å². The number of nitrogens with one attached hydrogen (secondary N) is 1. The Bertz CT molecular complexity index is 1070. The van der Waals surface area contributed by atoms with E-state index >= 15 is 0 Å². The summed E-state index contributed by atoms with van der Waals surface area (Å²) in [6, 6.07) is 0. The molecule has 0 aliphatic carbocycles. The van der Waals surface area contributed by atoms with Crippen LogP contribution in [0.1, 0.15) is 12.6 Å². The van der Waals surface area contributed by atoms with Crippen molar-refractivity contribution in [3.05, 3.63) is 32.9 Å². The highest BCUT2D eigenvalue weighted by Crippen LogP contribution is 2.71. The van der Waals surface area contributed by atoms with Gasteiger partial charge in [0.05, 0.1) is 18.9 Å². The first-order valence-electron chi connectivity index (χ1n) is 8.39. The average Bonchev–Trinajstić information content (AvgIpc) is 3.09. The summed E-state index contributed by atoms with van der Waals surface area (Å²) in [7, 11) is -12.4. The maximum Gasteiger partial charge on any atom is 0.492 e. The van der Waals surface area contributed by atoms with E-state index in [2.05, 4.69) is 22.2 Å². The number of phosphoric acid groups is 3. The second-order valence-electron chi connectivity index (χ2n) is 5.95. The van der Waals surface area contributed by atoms with Gasteiger partial charge in [-0.3, -0.25) is 32.4 Å². The number of aromatic amines is 1. The highest BCUT2D eigenvalue weighted by atomic mass is 31.3. The Morgan fingerprint density at radius 1 is 1.16 bits per heavy atom. The minimum absolute atomic E-state index is 0.251. The molecule has 0 bridgehead atoms. The van der Waals surface area contributed by atoms with Crippen LogP contribution in [0.3, 0.4) is 0 Å². The van der Waals surface area contributed by atoms with E-state index in [-0.39, 0.29) is 6.42 Å².